The second kappa shape index (κ2) is 3.63. The van der Waals surface area contributed by atoms with Crippen LogP contribution in [0.5, 0.6) is 0 Å². The van der Waals surface area contributed by atoms with Gasteiger partial charge in [0, 0.05) is 17.6 Å². The maximum Gasteiger partial charge on any atom is 0.128 e. The molecule has 0 saturated carbocycles. The Morgan fingerprint density at radius 2 is 2.25 bits per heavy atom. The molecule has 1 heterocycles. The van der Waals surface area contributed by atoms with E-state index in [0.29, 0.717) is 0 Å². The maximum absolute atomic E-state index is 5.88. The summed E-state index contributed by atoms with van der Waals surface area (Å²) in [5.74, 6) is 6.08. The van der Waals surface area contributed by atoms with Crippen LogP contribution in [0.15, 0.2) is 57.6 Å². The van der Waals surface area contributed by atoms with Crippen molar-refractivity contribution in [1.29, 1.82) is 0 Å². The maximum atomic E-state index is 5.88. The van der Waals surface area contributed by atoms with E-state index >= 15 is 0 Å². The molecule has 0 aromatic heterocycles. The Kier molecular flexibility index (Phi) is 2.13. The smallest absolute Gasteiger partial charge is 0.128 e. The van der Waals surface area contributed by atoms with E-state index in [1.54, 1.807) is 0 Å². The van der Waals surface area contributed by atoms with E-state index in [0.717, 1.165) is 24.2 Å². The number of nitrogens with two attached hydrogens (primary N) is 1. The number of rotatable bonds is 1. The van der Waals surface area contributed by atoms with Crippen LogP contribution in [0.2, 0.25) is 0 Å². The second-order valence-electron chi connectivity index (χ2n) is 4.06. The molecule has 0 aromatic carbocycles. The van der Waals surface area contributed by atoms with Crippen LogP contribution in [0.3, 0.4) is 0 Å². The van der Waals surface area contributed by atoms with Crippen molar-refractivity contribution in [2.75, 3.05) is 0 Å². The summed E-state index contributed by atoms with van der Waals surface area (Å²) < 4.78 is 5.88. The largest absolute Gasteiger partial charge is 0.485 e. The van der Waals surface area contributed by atoms with Crippen LogP contribution >= 0.6 is 0 Å². The molecular weight excluding hydrogens is 202 g/mol. The third-order valence-corrected chi connectivity index (χ3v) is 3.12. The summed E-state index contributed by atoms with van der Waals surface area (Å²) >= 11 is 0. The normalized spacial score (nSPS) is 31.4. The van der Waals surface area contributed by atoms with Crippen molar-refractivity contribution < 1.29 is 4.74 Å². The van der Waals surface area contributed by atoms with Crippen molar-refractivity contribution in [3.8, 4) is 0 Å². The molecule has 2 unspecified atom stereocenters. The van der Waals surface area contributed by atoms with Gasteiger partial charge in [0.05, 0.1) is 0 Å². The van der Waals surface area contributed by atoms with Gasteiger partial charge in [-0.15, -0.1) is 0 Å². The Morgan fingerprint density at radius 1 is 1.31 bits per heavy atom. The summed E-state index contributed by atoms with van der Waals surface area (Å²) in [6, 6.07) is 0.0211. The third-order valence-electron chi connectivity index (χ3n) is 3.12. The number of hydrogen-bond donors (Lipinski definition) is 1. The van der Waals surface area contributed by atoms with Crippen LogP contribution in [0.1, 0.15) is 12.8 Å². The number of hydrogen-bond acceptors (Lipinski definition) is 3. The highest BCUT2D eigenvalue weighted by molar-refractivity contribution is 5.52. The van der Waals surface area contributed by atoms with E-state index in [-0.39, 0.29) is 12.1 Å². The molecule has 82 valence electrons. The van der Waals surface area contributed by atoms with Gasteiger partial charge in [0.15, 0.2) is 0 Å². The van der Waals surface area contributed by atoms with Crippen molar-refractivity contribution in [3.63, 3.8) is 0 Å². The van der Waals surface area contributed by atoms with E-state index in [2.05, 4.69) is 34.6 Å². The predicted molar refractivity (Wildman–Crippen MR) is 60.3 cm³/mol. The van der Waals surface area contributed by atoms with Gasteiger partial charge < -0.3 is 10.6 Å². The fourth-order valence-electron chi connectivity index (χ4n) is 2.43. The first-order valence-corrected chi connectivity index (χ1v) is 5.44. The lowest BCUT2D eigenvalue weighted by atomic mass is 9.88. The van der Waals surface area contributed by atoms with E-state index in [9.17, 15) is 0 Å². The summed E-state index contributed by atoms with van der Waals surface area (Å²) in [6.07, 6.45) is 12.3. The fraction of sp³-hybridized carbons (Fsp3) is 0.333. The fourth-order valence-corrected chi connectivity index (χ4v) is 2.43. The summed E-state index contributed by atoms with van der Waals surface area (Å²) in [7, 11) is 0. The van der Waals surface area contributed by atoms with Crippen molar-refractivity contribution in [3.05, 3.63) is 47.3 Å². The van der Waals surface area contributed by atoms with Gasteiger partial charge in [-0.3, -0.25) is 0 Å². The van der Waals surface area contributed by atoms with E-state index in [4.69, 9.17) is 10.6 Å². The average Bonchev–Trinajstić information content (AvgIpc) is 2.68. The van der Waals surface area contributed by atoms with Gasteiger partial charge in [-0.25, -0.2) is 0 Å². The minimum Gasteiger partial charge on any atom is -0.485 e. The molecule has 0 spiro atoms. The highest BCUT2D eigenvalue weighted by Crippen LogP contribution is 2.40. The Balaban J connectivity index is 2.03. The van der Waals surface area contributed by atoms with E-state index in [1.165, 1.54) is 5.57 Å². The molecular formula is C12H13N3O. The first-order valence-electron chi connectivity index (χ1n) is 5.44. The zero-order chi connectivity index (χ0) is 11.0. The van der Waals surface area contributed by atoms with Crippen LogP contribution in [0.25, 0.3) is 0 Å². The zero-order valence-electron chi connectivity index (χ0n) is 8.84. The van der Waals surface area contributed by atoms with E-state index in [1.807, 2.05) is 6.08 Å². The number of fused-ring (bicyclic) bond motifs is 2. The highest BCUT2D eigenvalue weighted by Gasteiger charge is 2.35. The molecule has 3 aliphatic rings. The number of ether oxygens (including phenoxy) is 1. The monoisotopic (exact) mass is 215 g/mol. The molecule has 0 saturated heterocycles. The van der Waals surface area contributed by atoms with Crippen LogP contribution in [-0.2, 0) is 4.74 Å². The summed E-state index contributed by atoms with van der Waals surface area (Å²) in [6.45, 7) is 0. The molecule has 1 aliphatic heterocycles. The van der Waals surface area contributed by atoms with Crippen molar-refractivity contribution in [1.82, 2.24) is 0 Å². The van der Waals surface area contributed by atoms with E-state index < -0.39 is 0 Å². The Morgan fingerprint density at radius 3 is 3.12 bits per heavy atom. The lowest BCUT2D eigenvalue weighted by molar-refractivity contribution is 0.177. The van der Waals surface area contributed by atoms with Crippen molar-refractivity contribution in [2.24, 2.45) is 16.2 Å². The Labute approximate surface area is 93.8 Å². The Hall–Kier alpha value is -1.84. The van der Waals surface area contributed by atoms with Gasteiger partial charge >= 0.3 is 0 Å². The van der Waals surface area contributed by atoms with Crippen LogP contribution < -0.4 is 5.84 Å². The first-order chi connectivity index (χ1) is 7.90. The summed E-state index contributed by atoms with van der Waals surface area (Å²) in [4.78, 5) is 0. The molecule has 2 atom stereocenters. The molecule has 16 heavy (non-hydrogen) atoms. The zero-order valence-corrected chi connectivity index (χ0v) is 8.84. The first kappa shape index (κ1) is 9.39. The van der Waals surface area contributed by atoms with Gasteiger partial charge in [0.25, 0.3) is 0 Å². The minimum atomic E-state index is 0.0211. The molecule has 3 rings (SSSR count). The molecule has 0 bridgehead atoms. The molecule has 4 heteroatoms. The van der Waals surface area contributed by atoms with Crippen molar-refractivity contribution in [2.45, 2.75) is 25.0 Å². The second-order valence-corrected chi connectivity index (χ2v) is 4.06. The standard InChI is InChI=1S/C12H13N3O/c13-15-14-9-5-3-7-11-12(9)8-4-1-2-6-10(8)16-11/h1-4,7,9-10H,5-6H2,(H2,13,14). The summed E-state index contributed by atoms with van der Waals surface area (Å²) in [5.41, 5.74) is 2.39. The Bertz CT molecular complexity index is 457. The SMILES string of the molecule is NN=NC1CC=CC2=C1C1=CC=CCC1O2. The lowest BCUT2D eigenvalue weighted by Gasteiger charge is -2.16. The molecule has 2 N–H and O–H groups in total. The van der Waals surface area contributed by atoms with Gasteiger partial charge in [0.2, 0.25) is 0 Å². The van der Waals surface area contributed by atoms with Gasteiger partial charge in [-0.2, -0.15) is 5.11 Å². The van der Waals surface area contributed by atoms with Crippen molar-refractivity contribution >= 4 is 0 Å². The van der Waals surface area contributed by atoms with Gasteiger partial charge in [-0.05, 0) is 12.5 Å². The third kappa shape index (κ3) is 1.30. The van der Waals surface area contributed by atoms with Crippen LogP contribution in [0.4, 0.5) is 0 Å². The minimum absolute atomic E-state index is 0.0211. The quantitative estimate of drug-likeness (QED) is 0.414. The van der Waals surface area contributed by atoms with Crippen LogP contribution in [0, 0.1) is 0 Å². The molecule has 4 nitrogen and oxygen atoms in total. The molecule has 0 amide bonds. The lowest BCUT2D eigenvalue weighted by Crippen LogP contribution is -2.15. The molecule has 0 radical (unpaired) electrons. The summed E-state index contributed by atoms with van der Waals surface area (Å²) in [5, 5.41) is 7.48. The average molecular weight is 215 g/mol. The molecule has 0 fully saturated rings. The van der Waals surface area contributed by atoms with Crippen LogP contribution in [-0.4, -0.2) is 12.1 Å². The topological polar surface area (TPSA) is 60.0 Å². The predicted octanol–water partition coefficient (Wildman–Crippen LogP) is 2.18. The molecule has 0 aromatic rings. The van der Waals surface area contributed by atoms with Gasteiger partial charge in [0.1, 0.15) is 17.9 Å². The molecule has 2 aliphatic carbocycles. The van der Waals surface area contributed by atoms with Gasteiger partial charge in [-0.1, -0.05) is 29.5 Å². The number of nitrogens with zero attached hydrogens (tertiary/aromatic N) is 2. The highest BCUT2D eigenvalue weighted by atomic mass is 16.5. The number of allylic oxidation sites excluding steroid dienone is 3.